The summed E-state index contributed by atoms with van der Waals surface area (Å²) in [5.41, 5.74) is 11.3. The number of aliphatic imine (C=N–C) groups is 1. The van der Waals surface area contributed by atoms with Crippen molar-refractivity contribution in [1.82, 2.24) is 0 Å². The van der Waals surface area contributed by atoms with Crippen molar-refractivity contribution in [1.29, 1.82) is 0 Å². The number of nitrogens with two attached hydrogens (primary N) is 1. The Hall–Kier alpha value is -1.48. The number of hydrogen-bond donors (Lipinski definition) is 1. The molecule has 0 unspecified atom stereocenters. The minimum absolute atomic E-state index is 0.703. The molecular formula is C21H32N2S. The molecule has 0 bridgehead atoms. The SMILES string of the molecule is CC.CCCN=C(N)C1=CCCC=C1CSc1cc(C)ccc1C. The van der Waals surface area contributed by atoms with Gasteiger partial charge in [-0.3, -0.25) is 4.99 Å². The average Bonchev–Trinajstić information content (AvgIpc) is 2.62. The number of thioether (sulfide) groups is 1. The van der Waals surface area contributed by atoms with Crippen LogP contribution in [0.5, 0.6) is 0 Å². The van der Waals surface area contributed by atoms with E-state index in [1.807, 2.05) is 25.6 Å². The lowest BCUT2D eigenvalue weighted by molar-refractivity contribution is 0.927. The van der Waals surface area contributed by atoms with E-state index in [1.165, 1.54) is 21.6 Å². The first-order chi connectivity index (χ1) is 11.6. The fourth-order valence-corrected chi connectivity index (χ4v) is 3.62. The molecule has 0 radical (unpaired) electrons. The molecule has 0 saturated carbocycles. The Balaban J connectivity index is 0.00000139. The van der Waals surface area contributed by atoms with Gasteiger partial charge in [-0.25, -0.2) is 0 Å². The third kappa shape index (κ3) is 6.20. The van der Waals surface area contributed by atoms with Crippen LogP contribution in [0.3, 0.4) is 0 Å². The highest BCUT2D eigenvalue weighted by Crippen LogP contribution is 2.29. The fraction of sp³-hybridized carbons (Fsp3) is 0.476. The monoisotopic (exact) mass is 344 g/mol. The molecule has 1 aliphatic rings. The van der Waals surface area contributed by atoms with E-state index >= 15 is 0 Å². The first-order valence-corrected chi connectivity index (χ1v) is 10.00. The highest BCUT2D eigenvalue weighted by molar-refractivity contribution is 7.99. The lowest BCUT2D eigenvalue weighted by Crippen LogP contribution is -2.19. The lowest BCUT2D eigenvalue weighted by atomic mass is 9.98. The maximum atomic E-state index is 6.18. The minimum Gasteiger partial charge on any atom is -0.384 e. The number of allylic oxidation sites excluding steroid dienone is 2. The third-order valence-electron chi connectivity index (χ3n) is 3.76. The molecule has 1 aromatic rings. The van der Waals surface area contributed by atoms with Crippen LogP contribution in [0.4, 0.5) is 0 Å². The van der Waals surface area contributed by atoms with Gasteiger partial charge >= 0.3 is 0 Å². The Kier molecular flexibility index (Phi) is 9.55. The van der Waals surface area contributed by atoms with Crippen molar-refractivity contribution in [3.63, 3.8) is 0 Å². The van der Waals surface area contributed by atoms with Crippen molar-refractivity contribution in [3.8, 4) is 0 Å². The van der Waals surface area contributed by atoms with Crippen molar-refractivity contribution in [2.75, 3.05) is 12.3 Å². The third-order valence-corrected chi connectivity index (χ3v) is 4.97. The number of hydrogen-bond acceptors (Lipinski definition) is 2. The van der Waals surface area contributed by atoms with Gasteiger partial charge < -0.3 is 5.73 Å². The van der Waals surface area contributed by atoms with Crippen molar-refractivity contribution < 1.29 is 0 Å². The Morgan fingerprint density at radius 3 is 2.58 bits per heavy atom. The molecule has 3 heteroatoms. The molecule has 0 atom stereocenters. The number of rotatable bonds is 6. The molecule has 0 amide bonds. The second-order valence-corrected chi connectivity index (χ2v) is 6.77. The van der Waals surface area contributed by atoms with Crippen LogP contribution in [0.1, 0.15) is 51.2 Å². The summed E-state index contributed by atoms with van der Waals surface area (Å²) < 4.78 is 0. The molecular weight excluding hydrogens is 312 g/mol. The zero-order valence-electron chi connectivity index (χ0n) is 15.9. The van der Waals surface area contributed by atoms with Gasteiger partial charge in [0.1, 0.15) is 5.84 Å². The topological polar surface area (TPSA) is 38.4 Å². The van der Waals surface area contributed by atoms with Crippen LogP contribution in [0, 0.1) is 13.8 Å². The number of aryl methyl sites for hydroxylation is 2. The van der Waals surface area contributed by atoms with Gasteiger partial charge in [-0.05, 0) is 50.3 Å². The number of benzene rings is 1. The summed E-state index contributed by atoms with van der Waals surface area (Å²) in [5.74, 6) is 1.66. The Bertz CT molecular complexity index is 612. The molecule has 0 saturated heterocycles. The van der Waals surface area contributed by atoms with Crippen LogP contribution >= 0.6 is 11.8 Å². The van der Waals surface area contributed by atoms with E-state index in [0.29, 0.717) is 5.84 Å². The van der Waals surface area contributed by atoms with Crippen molar-refractivity contribution in [3.05, 3.63) is 52.6 Å². The molecule has 1 aliphatic carbocycles. The normalized spacial score (nSPS) is 14.5. The van der Waals surface area contributed by atoms with Crippen molar-refractivity contribution >= 4 is 17.6 Å². The van der Waals surface area contributed by atoms with Crippen LogP contribution in [0.15, 0.2) is 51.4 Å². The molecule has 0 aliphatic heterocycles. The summed E-state index contributed by atoms with van der Waals surface area (Å²) >= 11 is 1.89. The van der Waals surface area contributed by atoms with E-state index in [2.05, 4.69) is 56.1 Å². The predicted molar refractivity (Wildman–Crippen MR) is 110 cm³/mol. The molecule has 1 aromatic carbocycles. The zero-order chi connectivity index (χ0) is 17.9. The predicted octanol–water partition coefficient (Wildman–Crippen LogP) is 5.84. The first-order valence-electron chi connectivity index (χ1n) is 9.01. The van der Waals surface area contributed by atoms with Gasteiger partial charge in [0.05, 0.1) is 0 Å². The van der Waals surface area contributed by atoms with Crippen LogP contribution in [0.2, 0.25) is 0 Å². The lowest BCUT2D eigenvalue weighted by Gasteiger charge is -2.16. The van der Waals surface area contributed by atoms with E-state index < -0.39 is 0 Å². The van der Waals surface area contributed by atoms with E-state index in [0.717, 1.165) is 37.1 Å². The summed E-state index contributed by atoms with van der Waals surface area (Å²) in [4.78, 5) is 5.84. The average molecular weight is 345 g/mol. The van der Waals surface area contributed by atoms with Gasteiger partial charge in [0.25, 0.3) is 0 Å². The molecule has 2 N–H and O–H groups in total. The molecule has 0 heterocycles. The van der Waals surface area contributed by atoms with Crippen LogP contribution < -0.4 is 5.73 Å². The standard InChI is InChI=1S/C19H26N2S.C2H6/c1-4-11-21-19(20)17-8-6-5-7-16(17)13-22-18-12-14(2)9-10-15(18)3;1-2/h7-10,12H,4-6,11,13H2,1-3H3,(H2,20,21);1-2H3. The quantitative estimate of drug-likeness (QED) is 0.400. The molecule has 2 rings (SSSR count). The molecule has 0 fully saturated rings. The molecule has 0 spiro atoms. The van der Waals surface area contributed by atoms with E-state index in [-0.39, 0.29) is 0 Å². The number of amidine groups is 1. The summed E-state index contributed by atoms with van der Waals surface area (Å²) in [7, 11) is 0. The highest BCUT2D eigenvalue weighted by Gasteiger charge is 2.13. The molecule has 24 heavy (non-hydrogen) atoms. The van der Waals surface area contributed by atoms with Gasteiger partial charge in [-0.15, -0.1) is 11.8 Å². The maximum absolute atomic E-state index is 6.18. The molecule has 0 aromatic heterocycles. The van der Waals surface area contributed by atoms with E-state index in [9.17, 15) is 0 Å². The highest BCUT2D eigenvalue weighted by atomic mass is 32.2. The molecule has 2 nitrogen and oxygen atoms in total. The first kappa shape index (κ1) is 20.6. The van der Waals surface area contributed by atoms with Crippen LogP contribution in [-0.2, 0) is 0 Å². The summed E-state index contributed by atoms with van der Waals surface area (Å²) in [6.07, 6.45) is 7.77. The van der Waals surface area contributed by atoms with Crippen LogP contribution in [-0.4, -0.2) is 18.1 Å². The van der Waals surface area contributed by atoms with Crippen LogP contribution in [0.25, 0.3) is 0 Å². The largest absolute Gasteiger partial charge is 0.384 e. The van der Waals surface area contributed by atoms with Gasteiger partial charge in [-0.1, -0.05) is 50.6 Å². The second-order valence-electron chi connectivity index (χ2n) is 5.75. The Morgan fingerprint density at radius 1 is 1.17 bits per heavy atom. The van der Waals surface area contributed by atoms with E-state index in [4.69, 9.17) is 5.73 Å². The number of nitrogens with zero attached hydrogens (tertiary/aromatic N) is 1. The van der Waals surface area contributed by atoms with E-state index in [1.54, 1.807) is 0 Å². The van der Waals surface area contributed by atoms with Crippen molar-refractivity contribution in [2.24, 2.45) is 10.7 Å². The van der Waals surface area contributed by atoms with Gasteiger partial charge in [0, 0.05) is 22.8 Å². The smallest absolute Gasteiger partial charge is 0.125 e. The van der Waals surface area contributed by atoms with Gasteiger partial charge in [0.15, 0.2) is 0 Å². The summed E-state index contributed by atoms with van der Waals surface area (Å²) in [6, 6.07) is 6.63. The zero-order valence-corrected chi connectivity index (χ0v) is 16.7. The minimum atomic E-state index is 0.703. The summed E-state index contributed by atoms with van der Waals surface area (Å²) in [5, 5.41) is 0. The Labute approximate surface area is 152 Å². The second kappa shape index (κ2) is 11.1. The van der Waals surface area contributed by atoms with Gasteiger partial charge in [-0.2, -0.15) is 0 Å². The Morgan fingerprint density at radius 2 is 1.88 bits per heavy atom. The van der Waals surface area contributed by atoms with Gasteiger partial charge in [0.2, 0.25) is 0 Å². The van der Waals surface area contributed by atoms with Crippen molar-refractivity contribution in [2.45, 2.75) is 58.8 Å². The maximum Gasteiger partial charge on any atom is 0.125 e. The molecule has 132 valence electrons. The summed E-state index contributed by atoms with van der Waals surface area (Å²) in [6.45, 7) is 11.2. The fourth-order valence-electron chi connectivity index (χ4n) is 2.47.